The maximum Gasteiger partial charge on any atom is 0.0795 e. The van der Waals surface area contributed by atoms with Crippen molar-refractivity contribution in [1.82, 2.24) is 15.2 Å². The first-order chi connectivity index (χ1) is 11.3. The summed E-state index contributed by atoms with van der Waals surface area (Å²) in [5.74, 6) is 0. The third-order valence-corrected chi connectivity index (χ3v) is 5.08. The van der Waals surface area contributed by atoms with E-state index >= 15 is 0 Å². The lowest BCUT2D eigenvalue weighted by Gasteiger charge is -2.31. The smallest absolute Gasteiger partial charge is 0.0795 e. The lowest BCUT2D eigenvalue weighted by Crippen LogP contribution is -2.44. The second-order valence-corrected chi connectivity index (χ2v) is 6.98. The van der Waals surface area contributed by atoms with Crippen LogP contribution >= 0.6 is 11.3 Å². The zero-order valence-corrected chi connectivity index (χ0v) is 14.4. The summed E-state index contributed by atoms with van der Waals surface area (Å²) in [5.41, 5.74) is 11.7. The molecule has 4 nitrogen and oxygen atoms in total. The molecule has 1 aromatic carbocycles. The van der Waals surface area contributed by atoms with Crippen LogP contribution in [0.1, 0.15) is 29.7 Å². The molecule has 0 saturated heterocycles. The van der Waals surface area contributed by atoms with Crippen LogP contribution in [0.5, 0.6) is 0 Å². The van der Waals surface area contributed by atoms with Crippen LogP contribution in [0.15, 0.2) is 35.2 Å². The number of thiazole rings is 1. The zero-order chi connectivity index (χ0) is 15.9. The molecular weight excluding hydrogens is 304 g/mol. The van der Waals surface area contributed by atoms with Crippen LogP contribution < -0.4 is 11.1 Å². The topological polar surface area (TPSA) is 54.2 Å². The Balaban J connectivity index is 1.59. The van der Waals surface area contributed by atoms with E-state index in [4.69, 9.17) is 5.73 Å². The van der Waals surface area contributed by atoms with E-state index in [1.165, 1.54) is 16.8 Å². The van der Waals surface area contributed by atoms with Gasteiger partial charge in [-0.3, -0.25) is 4.90 Å². The minimum atomic E-state index is 0.515. The summed E-state index contributed by atoms with van der Waals surface area (Å²) in [6, 6.07) is 9.29. The van der Waals surface area contributed by atoms with Crippen molar-refractivity contribution in [3.05, 3.63) is 52.0 Å². The number of fused-ring (bicyclic) bond motifs is 1. The minimum absolute atomic E-state index is 0.515. The Morgan fingerprint density at radius 2 is 2.13 bits per heavy atom. The summed E-state index contributed by atoms with van der Waals surface area (Å²) in [7, 11) is 0. The van der Waals surface area contributed by atoms with E-state index in [0.29, 0.717) is 6.04 Å². The minimum Gasteiger partial charge on any atom is -0.330 e. The molecule has 0 radical (unpaired) electrons. The number of nitrogens with zero attached hydrogens (tertiary/aromatic N) is 2. The molecule has 0 fully saturated rings. The molecule has 1 atom stereocenters. The number of aromatic nitrogens is 1. The van der Waals surface area contributed by atoms with Gasteiger partial charge in [0.05, 0.1) is 11.2 Å². The fourth-order valence-electron chi connectivity index (χ4n) is 3.22. The predicted molar refractivity (Wildman–Crippen MR) is 96.5 cm³/mol. The van der Waals surface area contributed by atoms with Gasteiger partial charge in [-0.2, -0.15) is 0 Å². The average molecular weight is 331 g/mol. The molecular formula is C18H26N4S. The Morgan fingerprint density at radius 1 is 1.26 bits per heavy atom. The van der Waals surface area contributed by atoms with Crippen molar-refractivity contribution in [2.75, 3.05) is 19.6 Å². The number of hydrogen-bond acceptors (Lipinski definition) is 5. The first kappa shape index (κ1) is 16.6. The van der Waals surface area contributed by atoms with Gasteiger partial charge in [-0.25, -0.2) is 4.98 Å². The highest BCUT2D eigenvalue weighted by Crippen LogP contribution is 2.17. The summed E-state index contributed by atoms with van der Waals surface area (Å²) >= 11 is 1.67. The summed E-state index contributed by atoms with van der Waals surface area (Å²) in [5, 5.41) is 5.84. The van der Waals surface area contributed by atoms with Crippen molar-refractivity contribution >= 4 is 11.3 Å². The Kier molecular flexibility index (Phi) is 6.16. The lowest BCUT2D eigenvalue weighted by atomic mass is 9.95. The number of rotatable bonds is 8. The highest BCUT2D eigenvalue weighted by molar-refractivity contribution is 7.07. The molecule has 1 aliphatic heterocycles. The van der Waals surface area contributed by atoms with Crippen molar-refractivity contribution in [1.29, 1.82) is 0 Å². The molecule has 2 heterocycles. The predicted octanol–water partition coefficient (Wildman–Crippen LogP) is 2.40. The van der Waals surface area contributed by atoms with Crippen LogP contribution in [0.25, 0.3) is 0 Å². The molecule has 0 spiro atoms. The molecule has 5 heteroatoms. The van der Waals surface area contributed by atoms with Gasteiger partial charge < -0.3 is 11.1 Å². The standard InChI is InChI=1S/C18H26N4S/c19-7-3-4-8-22(12-18-13-23-14-21-18)11-17-9-15-5-1-2-6-16(15)10-20-17/h1-2,5-6,13-14,17,20H,3-4,7-12,19H2/t17-/m1/s1. The van der Waals surface area contributed by atoms with Gasteiger partial charge in [0.25, 0.3) is 0 Å². The molecule has 0 bridgehead atoms. The molecule has 3 rings (SSSR count). The normalized spacial score (nSPS) is 17.4. The lowest BCUT2D eigenvalue weighted by molar-refractivity contribution is 0.222. The highest BCUT2D eigenvalue weighted by atomic mass is 32.1. The largest absolute Gasteiger partial charge is 0.330 e. The molecule has 0 unspecified atom stereocenters. The van der Waals surface area contributed by atoms with Crippen LogP contribution in [0.2, 0.25) is 0 Å². The maximum absolute atomic E-state index is 5.65. The number of nitrogens with one attached hydrogen (secondary N) is 1. The van der Waals surface area contributed by atoms with Crippen molar-refractivity contribution in [3.8, 4) is 0 Å². The third kappa shape index (κ3) is 4.85. The van der Waals surface area contributed by atoms with Crippen molar-refractivity contribution < 1.29 is 0 Å². The summed E-state index contributed by atoms with van der Waals surface area (Å²) < 4.78 is 0. The van der Waals surface area contributed by atoms with E-state index in [1.54, 1.807) is 11.3 Å². The van der Waals surface area contributed by atoms with Gasteiger partial charge in [-0.05, 0) is 43.5 Å². The van der Waals surface area contributed by atoms with E-state index < -0.39 is 0 Å². The Morgan fingerprint density at radius 3 is 2.91 bits per heavy atom. The quantitative estimate of drug-likeness (QED) is 0.730. The summed E-state index contributed by atoms with van der Waals surface area (Å²) in [6.45, 7) is 4.85. The third-order valence-electron chi connectivity index (χ3n) is 4.44. The molecule has 1 aromatic heterocycles. The Hall–Kier alpha value is -1.27. The molecule has 3 N–H and O–H groups in total. The zero-order valence-electron chi connectivity index (χ0n) is 13.6. The van der Waals surface area contributed by atoms with Crippen LogP contribution in [-0.4, -0.2) is 35.6 Å². The van der Waals surface area contributed by atoms with Gasteiger partial charge in [0.2, 0.25) is 0 Å². The second-order valence-electron chi connectivity index (χ2n) is 6.26. The number of hydrogen-bond donors (Lipinski definition) is 2. The summed E-state index contributed by atoms with van der Waals surface area (Å²) in [4.78, 5) is 6.97. The molecule has 2 aromatic rings. The van der Waals surface area contributed by atoms with Crippen molar-refractivity contribution in [3.63, 3.8) is 0 Å². The van der Waals surface area contributed by atoms with Crippen LogP contribution in [0.3, 0.4) is 0 Å². The molecule has 0 amide bonds. The van der Waals surface area contributed by atoms with Gasteiger partial charge in [-0.15, -0.1) is 11.3 Å². The van der Waals surface area contributed by atoms with Gasteiger partial charge in [-0.1, -0.05) is 24.3 Å². The molecule has 0 aliphatic carbocycles. The van der Waals surface area contributed by atoms with Gasteiger partial charge >= 0.3 is 0 Å². The van der Waals surface area contributed by atoms with Gasteiger partial charge in [0.15, 0.2) is 0 Å². The fraction of sp³-hybridized carbons (Fsp3) is 0.500. The van der Waals surface area contributed by atoms with E-state index in [9.17, 15) is 0 Å². The van der Waals surface area contributed by atoms with E-state index in [1.807, 2.05) is 5.51 Å². The maximum atomic E-state index is 5.65. The molecule has 0 saturated carbocycles. The number of unbranched alkanes of at least 4 members (excludes halogenated alkanes) is 1. The Bertz CT molecular complexity index is 584. The number of nitrogens with two attached hydrogens (primary N) is 1. The van der Waals surface area contributed by atoms with Gasteiger partial charge in [0, 0.05) is 31.1 Å². The number of benzene rings is 1. The molecule has 23 heavy (non-hydrogen) atoms. The van der Waals surface area contributed by atoms with Gasteiger partial charge in [0.1, 0.15) is 0 Å². The van der Waals surface area contributed by atoms with E-state index in [0.717, 1.165) is 52.0 Å². The van der Waals surface area contributed by atoms with E-state index in [2.05, 4.69) is 44.8 Å². The highest BCUT2D eigenvalue weighted by Gasteiger charge is 2.20. The Labute approximate surface area is 142 Å². The second kappa shape index (κ2) is 8.55. The fourth-order valence-corrected chi connectivity index (χ4v) is 3.77. The molecule has 124 valence electrons. The van der Waals surface area contributed by atoms with E-state index in [-0.39, 0.29) is 0 Å². The monoisotopic (exact) mass is 330 g/mol. The summed E-state index contributed by atoms with van der Waals surface area (Å²) in [6.07, 6.45) is 3.36. The first-order valence-corrected chi connectivity index (χ1v) is 9.39. The molecule has 1 aliphatic rings. The van der Waals surface area contributed by atoms with Crippen LogP contribution in [-0.2, 0) is 19.5 Å². The van der Waals surface area contributed by atoms with Crippen molar-refractivity contribution in [2.24, 2.45) is 5.73 Å². The van der Waals surface area contributed by atoms with Crippen LogP contribution in [0, 0.1) is 0 Å². The van der Waals surface area contributed by atoms with Crippen molar-refractivity contribution in [2.45, 2.75) is 38.4 Å². The SMILES string of the molecule is NCCCCN(Cc1cscn1)C[C@H]1Cc2ccccc2CN1. The average Bonchev–Trinajstić information content (AvgIpc) is 3.08. The first-order valence-electron chi connectivity index (χ1n) is 8.45. The van der Waals surface area contributed by atoms with Crippen LogP contribution in [0.4, 0.5) is 0 Å².